The van der Waals surface area contributed by atoms with E-state index in [2.05, 4.69) is 10.6 Å². The molecule has 21 heavy (non-hydrogen) atoms. The first-order valence-electron chi connectivity index (χ1n) is 6.46. The monoisotopic (exact) mass is 293 g/mol. The van der Waals surface area contributed by atoms with Crippen molar-refractivity contribution < 1.29 is 19.5 Å². The summed E-state index contributed by atoms with van der Waals surface area (Å²) in [6.07, 6.45) is 0.407. The lowest BCUT2D eigenvalue weighted by atomic mass is 9.87. The predicted molar refractivity (Wildman–Crippen MR) is 78.0 cm³/mol. The highest BCUT2D eigenvalue weighted by molar-refractivity contribution is 5.95. The molecular formula is C14H19N3O4. The molecule has 114 valence electrons. The second-order valence-corrected chi connectivity index (χ2v) is 4.97. The van der Waals surface area contributed by atoms with Crippen LogP contribution in [0.2, 0.25) is 0 Å². The molecule has 7 nitrogen and oxygen atoms in total. The Balaban J connectivity index is 2.68. The van der Waals surface area contributed by atoms with Crippen LogP contribution in [0.5, 0.6) is 0 Å². The van der Waals surface area contributed by atoms with Crippen molar-refractivity contribution in [3.05, 3.63) is 29.8 Å². The number of rotatable bonds is 6. The summed E-state index contributed by atoms with van der Waals surface area (Å²) < 4.78 is 0. The van der Waals surface area contributed by atoms with E-state index >= 15 is 0 Å². The van der Waals surface area contributed by atoms with Gasteiger partial charge in [-0.1, -0.05) is 6.92 Å². The standard InChI is InChI=1S/C14H19N3O4/c1-3-14(2,12(19)20)8-16-11(18)9-4-6-10(7-5-9)17-13(15)21/h4-7H,3,8H2,1-2H3,(H,16,18)(H,19,20)(H3,15,17,21). The van der Waals surface area contributed by atoms with Gasteiger partial charge in [0.05, 0.1) is 5.41 Å². The van der Waals surface area contributed by atoms with Crippen LogP contribution in [0.25, 0.3) is 0 Å². The summed E-state index contributed by atoms with van der Waals surface area (Å²) in [6, 6.07) is 5.42. The van der Waals surface area contributed by atoms with Crippen molar-refractivity contribution in [1.29, 1.82) is 0 Å². The lowest BCUT2D eigenvalue weighted by molar-refractivity contribution is -0.147. The van der Waals surface area contributed by atoms with Gasteiger partial charge in [-0.15, -0.1) is 0 Å². The van der Waals surface area contributed by atoms with Crippen molar-refractivity contribution in [2.45, 2.75) is 20.3 Å². The summed E-state index contributed by atoms with van der Waals surface area (Å²) in [4.78, 5) is 33.8. The Labute approximate surface area is 122 Å². The Bertz CT molecular complexity index is 542. The summed E-state index contributed by atoms with van der Waals surface area (Å²) in [7, 11) is 0. The molecule has 5 N–H and O–H groups in total. The molecule has 0 aromatic heterocycles. The Hall–Kier alpha value is -2.57. The third kappa shape index (κ3) is 4.48. The normalized spacial score (nSPS) is 13.0. The number of carbonyl (C=O) groups is 3. The lowest BCUT2D eigenvalue weighted by Gasteiger charge is -2.23. The van der Waals surface area contributed by atoms with Crippen LogP contribution in [-0.2, 0) is 4.79 Å². The third-order valence-corrected chi connectivity index (χ3v) is 3.35. The zero-order valence-electron chi connectivity index (χ0n) is 12.0. The molecule has 3 amide bonds. The SMILES string of the molecule is CCC(C)(CNC(=O)c1ccc(NC(N)=O)cc1)C(=O)O. The number of carbonyl (C=O) groups excluding carboxylic acids is 2. The Kier molecular flexibility index (Phi) is 5.29. The molecule has 1 atom stereocenters. The van der Waals surface area contributed by atoms with E-state index in [0.717, 1.165) is 0 Å². The molecule has 0 aliphatic carbocycles. The van der Waals surface area contributed by atoms with Crippen molar-refractivity contribution in [2.24, 2.45) is 11.1 Å². The predicted octanol–water partition coefficient (Wildman–Crippen LogP) is 1.41. The Morgan fingerprint density at radius 3 is 2.24 bits per heavy atom. The maximum Gasteiger partial charge on any atom is 0.316 e. The first-order chi connectivity index (χ1) is 9.78. The quantitative estimate of drug-likeness (QED) is 0.633. The molecule has 0 aliphatic heterocycles. The van der Waals surface area contributed by atoms with E-state index in [0.29, 0.717) is 17.7 Å². The van der Waals surface area contributed by atoms with Crippen LogP contribution in [0.1, 0.15) is 30.6 Å². The van der Waals surface area contributed by atoms with E-state index in [-0.39, 0.29) is 12.5 Å². The molecule has 0 spiro atoms. The molecular weight excluding hydrogens is 274 g/mol. The molecule has 0 bridgehead atoms. The van der Waals surface area contributed by atoms with Gasteiger partial charge in [-0.2, -0.15) is 0 Å². The van der Waals surface area contributed by atoms with Crippen molar-refractivity contribution in [3.8, 4) is 0 Å². The molecule has 7 heteroatoms. The number of amides is 3. The smallest absolute Gasteiger partial charge is 0.316 e. The fraction of sp³-hybridized carbons (Fsp3) is 0.357. The van der Waals surface area contributed by atoms with Crippen LogP contribution >= 0.6 is 0 Å². The highest BCUT2D eigenvalue weighted by atomic mass is 16.4. The molecule has 0 heterocycles. The lowest BCUT2D eigenvalue weighted by Crippen LogP contribution is -2.40. The largest absolute Gasteiger partial charge is 0.481 e. The first kappa shape index (κ1) is 16.5. The zero-order chi connectivity index (χ0) is 16.0. The maximum absolute atomic E-state index is 11.9. The van der Waals surface area contributed by atoms with Gasteiger partial charge in [0.2, 0.25) is 0 Å². The molecule has 0 aliphatic rings. The van der Waals surface area contributed by atoms with E-state index in [4.69, 9.17) is 10.8 Å². The molecule has 0 fully saturated rings. The number of nitrogens with two attached hydrogens (primary N) is 1. The van der Waals surface area contributed by atoms with Crippen LogP contribution in [0.3, 0.4) is 0 Å². The van der Waals surface area contributed by atoms with E-state index in [1.54, 1.807) is 13.8 Å². The van der Waals surface area contributed by atoms with Gasteiger partial charge >= 0.3 is 12.0 Å². The van der Waals surface area contributed by atoms with Crippen molar-refractivity contribution in [1.82, 2.24) is 5.32 Å². The maximum atomic E-state index is 11.9. The summed E-state index contributed by atoms with van der Waals surface area (Å²) >= 11 is 0. The van der Waals surface area contributed by atoms with Gasteiger partial charge in [-0.05, 0) is 37.6 Å². The number of nitrogens with one attached hydrogen (secondary N) is 2. The van der Waals surface area contributed by atoms with Gasteiger partial charge in [0.1, 0.15) is 0 Å². The van der Waals surface area contributed by atoms with Crippen LogP contribution in [0, 0.1) is 5.41 Å². The van der Waals surface area contributed by atoms with Crippen molar-refractivity contribution >= 4 is 23.6 Å². The number of urea groups is 1. The number of primary amides is 1. The number of anilines is 1. The van der Waals surface area contributed by atoms with E-state index in [1.165, 1.54) is 24.3 Å². The Morgan fingerprint density at radius 2 is 1.81 bits per heavy atom. The number of hydrogen-bond acceptors (Lipinski definition) is 3. The highest BCUT2D eigenvalue weighted by Crippen LogP contribution is 2.20. The molecule has 0 saturated carbocycles. The molecule has 1 aromatic rings. The average molecular weight is 293 g/mol. The topological polar surface area (TPSA) is 122 Å². The summed E-state index contributed by atoms with van der Waals surface area (Å²) in [5, 5.41) is 14.1. The summed E-state index contributed by atoms with van der Waals surface area (Å²) in [5.74, 6) is -1.33. The van der Waals surface area contributed by atoms with Gasteiger partial charge in [-0.25, -0.2) is 4.79 Å². The molecule has 1 unspecified atom stereocenters. The average Bonchev–Trinajstić information content (AvgIpc) is 2.44. The second-order valence-electron chi connectivity index (χ2n) is 4.97. The fourth-order valence-corrected chi connectivity index (χ4v) is 1.58. The van der Waals surface area contributed by atoms with E-state index < -0.39 is 17.4 Å². The van der Waals surface area contributed by atoms with Gasteiger partial charge in [0.25, 0.3) is 5.91 Å². The number of hydrogen-bond donors (Lipinski definition) is 4. The minimum absolute atomic E-state index is 0.0406. The van der Waals surface area contributed by atoms with Crippen LogP contribution in [0.4, 0.5) is 10.5 Å². The van der Waals surface area contributed by atoms with Crippen LogP contribution in [-0.4, -0.2) is 29.6 Å². The number of carboxylic acid groups (broad SMARTS) is 1. The Morgan fingerprint density at radius 1 is 1.24 bits per heavy atom. The van der Waals surface area contributed by atoms with Gasteiger partial charge < -0.3 is 21.5 Å². The van der Waals surface area contributed by atoms with Gasteiger partial charge in [0.15, 0.2) is 0 Å². The number of benzene rings is 1. The third-order valence-electron chi connectivity index (χ3n) is 3.35. The zero-order valence-corrected chi connectivity index (χ0v) is 12.0. The summed E-state index contributed by atoms with van der Waals surface area (Å²) in [5.41, 5.74) is 4.82. The fourth-order valence-electron chi connectivity index (χ4n) is 1.58. The van der Waals surface area contributed by atoms with E-state index in [9.17, 15) is 14.4 Å². The summed E-state index contributed by atoms with van der Waals surface area (Å²) in [6.45, 7) is 3.37. The van der Waals surface area contributed by atoms with E-state index in [1.807, 2.05) is 0 Å². The number of carboxylic acids is 1. The van der Waals surface area contributed by atoms with Crippen molar-refractivity contribution in [3.63, 3.8) is 0 Å². The van der Waals surface area contributed by atoms with Crippen molar-refractivity contribution in [2.75, 3.05) is 11.9 Å². The first-order valence-corrected chi connectivity index (χ1v) is 6.46. The highest BCUT2D eigenvalue weighted by Gasteiger charge is 2.31. The molecule has 1 rings (SSSR count). The molecule has 1 aromatic carbocycles. The second kappa shape index (κ2) is 6.74. The van der Waals surface area contributed by atoms with Crippen LogP contribution < -0.4 is 16.4 Å². The number of aliphatic carboxylic acids is 1. The molecule has 0 saturated heterocycles. The van der Waals surface area contributed by atoms with Gasteiger partial charge in [0, 0.05) is 17.8 Å². The minimum atomic E-state index is -0.997. The minimum Gasteiger partial charge on any atom is -0.481 e. The molecule has 0 radical (unpaired) electrons. The van der Waals surface area contributed by atoms with Gasteiger partial charge in [-0.3, -0.25) is 9.59 Å². The van der Waals surface area contributed by atoms with Crippen LogP contribution in [0.15, 0.2) is 24.3 Å².